The van der Waals surface area contributed by atoms with Crippen molar-refractivity contribution in [2.45, 2.75) is 11.1 Å². The Morgan fingerprint density at radius 1 is 1.20 bits per heavy atom. The fourth-order valence-electron chi connectivity index (χ4n) is 2.98. The van der Waals surface area contributed by atoms with E-state index >= 15 is 0 Å². The van der Waals surface area contributed by atoms with Crippen LogP contribution in [-0.2, 0) is 10.0 Å². The van der Waals surface area contributed by atoms with E-state index in [1.165, 1.54) is 11.3 Å². The lowest BCUT2D eigenvalue weighted by atomic mass is 10.3. The largest absolute Gasteiger partial charge is 0.352 e. The molecule has 10 heteroatoms. The first-order chi connectivity index (χ1) is 11.9. The number of aromatic nitrogens is 3. The third-order valence-electron chi connectivity index (χ3n) is 4.17. The van der Waals surface area contributed by atoms with E-state index in [4.69, 9.17) is 0 Å². The Balaban J connectivity index is 1.55. The summed E-state index contributed by atoms with van der Waals surface area (Å²) in [7, 11) is -3.43. The highest BCUT2D eigenvalue weighted by Crippen LogP contribution is 2.29. The molecule has 0 unspecified atom stereocenters. The maximum atomic E-state index is 12.7. The Bertz CT molecular complexity index is 1020. The Kier molecular flexibility index (Phi) is 4.30. The lowest BCUT2D eigenvalue weighted by Crippen LogP contribution is -2.48. The predicted molar refractivity (Wildman–Crippen MR) is 101 cm³/mol. The number of rotatable bonds is 3. The zero-order valence-corrected chi connectivity index (χ0v) is 16.7. The molecule has 1 fully saturated rings. The van der Waals surface area contributed by atoms with Gasteiger partial charge in [0.15, 0.2) is 5.82 Å². The summed E-state index contributed by atoms with van der Waals surface area (Å²) >= 11 is 4.56. The number of sulfonamides is 1. The molecule has 0 spiro atoms. The molecule has 25 heavy (non-hydrogen) atoms. The summed E-state index contributed by atoms with van der Waals surface area (Å²) in [6, 6.07) is 5.41. The summed E-state index contributed by atoms with van der Waals surface area (Å²) in [5, 5.41) is 4.41. The quantitative estimate of drug-likeness (QED) is 0.623. The molecule has 1 saturated heterocycles. The summed E-state index contributed by atoms with van der Waals surface area (Å²) in [5.74, 6) is 0.846. The number of anilines is 1. The van der Waals surface area contributed by atoms with E-state index in [2.05, 4.69) is 30.9 Å². The van der Waals surface area contributed by atoms with Gasteiger partial charge in [-0.25, -0.2) is 17.9 Å². The van der Waals surface area contributed by atoms with Gasteiger partial charge < -0.3 is 4.90 Å². The van der Waals surface area contributed by atoms with Gasteiger partial charge in [-0.1, -0.05) is 0 Å². The van der Waals surface area contributed by atoms with Crippen molar-refractivity contribution in [3.63, 3.8) is 0 Å². The van der Waals surface area contributed by atoms with Crippen molar-refractivity contribution in [1.29, 1.82) is 0 Å². The Morgan fingerprint density at radius 2 is 1.96 bits per heavy atom. The molecule has 1 aliphatic heterocycles. The summed E-state index contributed by atoms with van der Waals surface area (Å²) in [4.78, 5) is 6.60. The van der Waals surface area contributed by atoms with Gasteiger partial charge in [0.2, 0.25) is 0 Å². The second-order valence-corrected chi connectivity index (χ2v) is 10.4. The minimum absolute atomic E-state index is 0.375. The molecule has 0 radical (unpaired) electrons. The predicted octanol–water partition coefficient (Wildman–Crippen LogP) is 2.37. The van der Waals surface area contributed by atoms with Gasteiger partial charge in [-0.05, 0) is 41.1 Å². The normalized spacial score (nSPS) is 16.6. The molecule has 0 aliphatic carbocycles. The van der Waals surface area contributed by atoms with E-state index in [0.29, 0.717) is 30.4 Å². The molecule has 4 rings (SSSR count). The fourth-order valence-corrected chi connectivity index (χ4v) is 6.56. The lowest BCUT2D eigenvalue weighted by molar-refractivity contribution is 0.385. The zero-order chi connectivity index (χ0) is 17.6. The number of fused-ring (bicyclic) bond motifs is 1. The average Bonchev–Trinajstić information content (AvgIpc) is 3.19. The van der Waals surface area contributed by atoms with Crippen LogP contribution >= 0.6 is 27.3 Å². The summed E-state index contributed by atoms with van der Waals surface area (Å²) in [6.45, 7) is 4.02. The first-order valence-corrected chi connectivity index (χ1v) is 10.8. The van der Waals surface area contributed by atoms with Crippen molar-refractivity contribution in [1.82, 2.24) is 18.9 Å². The molecule has 0 N–H and O–H groups in total. The van der Waals surface area contributed by atoms with Gasteiger partial charge in [0.25, 0.3) is 10.0 Å². The summed E-state index contributed by atoms with van der Waals surface area (Å²) in [6.07, 6.45) is 3.54. The second kappa shape index (κ2) is 6.35. The molecule has 0 atom stereocenters. The van der Waals surface area contributed by atoms with Gasteiger partial charge in [-0.2, -0.15) is 9.40 Å². The number of nitrogens with zero attached hydrogens (tertiary/aromatic N) is 5. The molecule has 3 aromatic rings. The summed E-state index contributed by atoms with van der Waals surface area (Å²) in [5.41, 5.74) is 1.87. The van der Waals surface area contributed by atoms with Crippen LogP contribution < -0.4 is 4.90 Å². The minimum Gasteiger partial charge on any atom is -0.352 e. The van der Waals surface area contributed by atoms with Crippen LogP contribution in [0.1, 0.15) is 5.69 Å². The topological polar surface area (TPSA) is 70.8 Å². The third-order valence-corrected chi connectivity index (χ3v) is 8.16. The highest BCUT2D eigenvalue weighted by atomic mass is 79.9. The third kappa shape index (κ3) is 3.07. The Hall–Kier alpha value is -1.49. The average molecular weight is 442 g/mol. The SMILES string of the molecule is Cc1cc2c(N3CCN(S(=O)(=O)c4ccc(Br)s4)CC3)nccn2n1. The van der Waals surface area contributed by atoms with Gasteiger partial charge >= 0.3 is 0 Å². The molecule has 1 aliphatic rings. The lowest BCUT2D eigenvalue weighted by Gasteiger charge is -2.34. The number of thiophene rings is 1. The van der Waals surface area contributed by atoms with Crippen molar-refractivity contribution in [2.75, 3.05) is 31.1 Å². The van der Waals surface area contributed by atoms with Crippen molar-refractivity contribution in [2.24, 2.45) is 0 Å². The zero-order valence-electron chi connectivity index (χ0n) is 13.5. The molecular formula is C15H16BrN5O2S2. The van der Waals surface area contributed by atoms with Gasteiger partial charge in [0, 0.05) is 38.6 Å². The standard InChI is InChI=1S/C15H16BrN5O2S2/c1-11-10-12-15(17-4-5-21(12)18-11)19-6-8-20(9-7-19)25(22,23)14-3-2-13(16)24-14/h2-5,10H,6-9H2,1H3. The number of hydrogen-bond donors (Lipinski definition) is 0. The van der Waals surface area contributed by atoms with Crippen molar-refractivity contribution < 1.29 is 8.42 Å². The first kappa shape index (κ1) is 17.0. The van der Waals surface area contributed by atoms with Gasteiger partial charge in [-0.3, -0.25) is 0 Å². The van der Waals surface area contributed by atoms with Crippen LogP contribution in [0.15, 0.2) is 38.6 Å². The van der Waals surface area contributed by atoms with E-state index < -0.39 is 10.0 Å². The van der Waals surface area contributed by atoms with Crippen LogP contribution in [-0.4, -0.2) is 53.5 Å². The van der Waals surface area contributed by atoms with Crippen molar-refractivity contribution >= 4 is 48.6 Å². The molecule has 0 amide bonds. The smallest absolute Gasteiger partial charge is 0.252 e. The van der Waals surface area contributed by atoms with Gasteiger partial charge in [0.05, 0.1) is 9.48 Å². The summed E-state index contributed by atoms with van der Waals surface area (Å²) < 4.78 is 30.0. The molecule has 0 bridgehead atoms. The molecule has 4 heterocycles. The number of aryl methyl sites for hydroxylation is 1. The van der Waals surface area contributed by atoms with E-state index in [0.717, 1.165) is 20.8 Å². The van der Waals surface area contributed by atoms with Crippen LogP contribution in [0.2, 0.25) is 0 Å². The highest BCUT2D eigenvalue weighted by Gasteiger charge is 2.30. The Labute approximate surface area is 158 Å². The maximum Gasteiger partial charge on any atom is 0.252 e. The van der Waals surface area contributed by atoms with E-state index in [1.807, 2.05) is 23.7 Å². The minimum atomic E-state index is -3.43. The number of piperazine rings is 1. The molecule has 3 aromatic heterocycles. The molecule has 132 valence electrons. The van der Waals surface area contributed by atoms with Crippen LogP contribution in [0.5, 0.6) is 0 Å². The van der Waals surface area contributed by atoms with Gasteiger partial charge in [-0.15, -0.1) is 11.3 Å². The van der Waals surface area contributed by atoms with Crippen LogP contribution in [0, 0.1) is 6.92 Å². The van der Waals surface area contributed by atoms with E-state index in [-0.39, 0.29) is 0 Å². The van der Waals surface area contributed by atoms with Crippen LogP contribution in [0.3, 0.4) is 0 Å². The van der Waals surface area contributed by atoms with Crippen molar-refractivity contribution in [3.05, 3.63) is 40.1 Å². The number of halogens is 1. The fraction of sp³-hybridized carbons (Fsp3) is 0.333. The first-order valence-electron chi connectivity index (χ1n) is 7.76. The van der Waals surface area contributed by atoms with Crippen molar-refractivity contribution in [3.8, 4) is 0 Å². The van der Waals surface area contributed by atoms with Gasteiger partial charge in [0.1, 0.15) is 9.73 Å². The van der Waals surface area contributed by atoms with E-state index in [1.54, 1.807) is 22.6 Å². The maximum absolute atomic E-state index is 12.7. The molecular weight excluding hydrogens is 426 g/mol. The molecule has 0 aromatic carbocycles. The second-order valence-electron chi connectivity index (χ2n) is 5.82. The highest BCUT2D eigenvalue weighted by molar-refractivity contribution is 9.11. The van der Waals surface area contributed by atoms with E-state index in [9.17, 15) is 8.42 Å². The van der Waals surface area contributed by atoms with Crippen LogP contribution in [0.4, 0.5) is 5.82 Å². The molecule has 0 saturated carbocycles. The number of hydrogen-bond acceptors (Lipinski definition) is 6. The van der Waals surface area contributed by atoms with Crippen LogP contribution in [0.25, 0.3) is 5.52 Å². The Morgan fingerprint density at radius 3 is 2.64 bits per heavy atom. The molecule has 7 nitrogen and oxygen atoms in total. The monoisotopic (exact) mass is 441 g/mol.